The van der Waals surface area contributed by atoms with Gasteiger partial charge in [-0.25, -0.2) is 0 Å². The van der Waals surface area contributed by atoms with Crippen LogP contribution < -0.4 is 10.6 Å². The number of carbonyl (C=O) groups excluding carboxylic acids is 1. The third kappa shape index (κ3) is 1.97. The second-order valence-corrected chi connectivity index (χ2v) is 4.48. The van der Waals surface area contributed by atoms with Crippen molar-refractivity contribution in [2.24, 2.45) is 5.92 Å². The van der Waals surface area contributed by atoms with Crippen molar-refractivity contribution in [2.45, 2.75) is 39.3 Å². The van der Waals surface area contributed by atoms with Crippen LogP contribution in [0.4, 0.5) is 0 Å². The molecule has 0 aliphatic carbocycles. The van der Waals surface area contributed by atoms with Gasteiger partial charge in [-0.1, -0.05) is 13.8 Å². The van der Waals surface area contributed by atoms with Gasteiger partial charge in [0.05, 0.1) is 6.04 Å². The van der Waals surface area contributed by atoms with Crippen LogP contribution >= 0.6 is 0 Å². The van der Waals surface area contributed by atoms with Crippen LogP contribution in [-0.4, -0.2) is 24.0 Å². The van der Waals surface area contributed by atoms with Crippen molar-refractivity contribution in [2.75, 3.05) is 6.54 Å². The zero-order chi connectivity index (χ0) is 9.35. The van der Waals surface area contributed by atoms with Crippen LogP contribution in [0.15, 0.2) is 0 Å². The van der Waals surface area contributed by atoms with Gasteiger partial charge in [0, 0.05) is 12.1 Å². The van der Waals surface area contributed by atoms with Crippen molar-refractivity contribution < 1.29 is 4.79 Å². The number of amides is 1. The molecule has 2 N–H and O–H groups in total. The molecule has 1 unspecified atom stereocenters. The van der Waals surface area contributed by atoms with Gasteiger partial charge >= 0.3 is 0 Å². The number of hydrogen-bond donors (Lipinski definition) is 2. The van der Waals surface area contributed by atoms with Gasteiger partial charge < -0.3 is 10.6 Å². The molecule has 70 valence electrons. The van der Waals surface area contributed by atoms with E-state index in [1.807, 2.05) is 13.8 Å². The lowest BCUT2D eigenvalue weighted by molar-refractivity contribution is -0.127. The first-order valence-electron chi connectivity index (χ1n) is 4.48. The van der Waals surface area contributed by atoms with Gasteiger partial charge in [-0.2, -0.15) is 0 Å². The Bertz CT molecular complexity index is 187. The summed E-state index contributed by atoms with van der Waals surface area (Å²) in [6, 6.07) is -0.0157. The quantitative estimate of drug-likeness (QED) is 0.602. The first kappa shape index (κ1) is 9.52. The number of nitrogens with one attached hydrogen (secondary N) is 2. The highest BCUT2D eigenvalue weighted by atomic mass is 16.2. The fourth-order valence-electron chi connectivity index (χ4n) is 1.45. The third-order valence-electron chi connectivity index (χ3n) is 2.17. The van der Waals surface area contributed by atoms with Gasteiger partial charge in [0.2, 0.25) is 5.91 Å². The third-order valence-corrected chi connectivity index (χ3v) is 2.17. The maximum absolute atomic E-state index is 11.5. The van der Waals surface area contributed by atoms with Gasteiger partial charge in [0.15, 0.2) is 0 Å². The average molecular weight is 170 g/mol. The standard InChI is InChI=1S/C9H18N2O/c1-6(2)7-8(12)11-9(3,4)5-10-7/h6-7,10H,5H2,1-4H3,(H,11,12). The van der Waals surface area contributed by atoms with Crippen LogP contribution in [0.5, 0.6) is 0 Å². The first-order valence-corrected chi connectivity index (χ1v) is 4.48. The highest BCUT2D eigenvalue weighted by Gasteiger charge is 2.33. The maximum atomic E-state index is 11.5. The molecule has 1 atom stereocenters. The molecule has 12 heavy (non-hydrogen) atoms. The summed E-state index contributed by atoms with van der Waals surface area (Å²) in [5.74, 6) is 0.488. The maximum Gasteiger partial charge on any atom is 0.237 e. The van der Waals surface area contributed by atoms with E-state index in [0.29, 0.717) is 5.92 Å². The lowest BCUT2D eigenvalue weighted by Crippen LogP contribution is -2.64. The van der Waals surface area contributed by atoms with Crippen LogP contribution in [0.1, 0.15) is 27.7 Å². The van der Waals surface area contributed by atoms with E-state index in [2.05, 4.69) is 24.5 Å². The van der Waals surface area contributed by atoms with Crippen LogP contribution in [0.3, 0.4) is 0 Å². The zero-order valence-corrected chi connectivity index (χ0v) is 8.27. The van der Waals surface area contributed by atoms with Gasteiger partial charge in [0.25, 0.3) is 0 Å². The molecular weight excluding hydrogens is 152 g/mol. The normalized spacial score (nSPS) is 28.8. The topological polar surface area (TPSA) is 41.1 Å². The SMILES string of the molecule is CC(C)C1NCC(C)(C)NC1=O. The van der Waals surface area contributed by atoms with E-state index >= 15 is 0 Å². The molecule has 1 fully saturated rings. The number of rotatable bonds is 1. The number of carbonyl (C=O) groups is 1. The Kier molecular flexibility index (Phi) is 2.42. The molecule has 0 aromatic heterocycles. The molecule has 1 heterocycles. The molecule has 0 bridgehead atoms. The molecule has 3 heteroatoms. The van der Waals surface area contributed by atoms with Gasteiger partial charge in [-0.05, 0) is 19.8 Å². The highest BCUT2D eigenvalue weighted by molar-refractivity contribution is 5.83. The Hall–Kier alpha value is -0.570. The fraction of sp³-hybridized carbons (Fsp3) is 0.889. The minimum absolute atomic E-state index is 0.0157. The second kappa shape index (κ2) is 3.05. The fourth-order valence-corrected chi connectivity index (χ4v) is 1.45. The van der Waals surface area contributed by atoms with E-state index in [-0.39, 0.29) is 17.5 Å². The van der Waals surface area contributed by atoms with E-state index in [0.717, 1.165) is 6.54 Å². The molecule has 1 aliphatic heterocycles. The zero-order valence-electron chi connectivity index (χ0n) is 8.27. The molecule has 1 rings (SSSR count). The van der Waals surface area contributed by atoms with Crippen molar-refractivity contribution in [3.8, 4) is 0 Å². The molecular formula is C9H18N2O. The minimum Gasteiger partial charge on any atom is -0.349 e. The predicted octanol–water partition coefficient (Wildman–Crippen LogP) is 0.509. The summed E-state index contributed by atoms with van der Waals surface area (Å²) in [6.45, 7) is 9.00. The Morgan fingerprint density at radius 3 is 2.50 bits per heavy atom. The van der Waals surface area contributed by atoms with Gasteiger partial charge in [0.1, 0.15) is 0 Å². The molecule has 1 amide bonds. The molecule has 3 nitrogen and oxygen atoms in total. The number of hydrogen-bond acceptors (Lipinski definition) is 2. The molecule has 1 saturated heterocycles. The Morgan fingerprint density at radius 2 is 2.08 bits per heavy atom. The van der Waals surface area contributed by atoms with E-state index < -0.39 is 0 Å². The summed E-state index contributed by atoms with van der Waals surface area (Å²) in [7, 11) is 0. The average Bonchev–Trinajstić information content (AvgIpc) is 1.83. The Balaban J connectivity index is 2.60. The molecule has 0 spiro atoms. The Morgan fingerprint density at radius 1 is 1.50 bits per heavy atom. The molecule has 1 aliphatic rings. The molecule has 0 radical (unpaired) electrons. The van der Waals surface area contributed by atoms with Crippen LogP contribution in [0, 0.1) is 5.92 Å². The minimum atomic E-state index is -0.0948. The highest BCUT2D eigenvalue weighted by Crippen LogP contribution is 2.11. The van der Waals surface area contributed by atoms with E-state index in [9.17, 15) is 4.79 Å². The summed E-state index contributed by atoms with van der Waals surface area (Å²) < 4.78 is 0. The largest absolute Gasteiger partial charge is 0.349 e. The summed E-state index contributed by atoms with van der Waals surface area (Å²) >= 11 is 0. The van der Waals surface area contributed by atoms with Gasteiger partial charge in [-0.3, -0.25) is 4.79 Å². The second-order valence-electron chi connectivity index (χ2n) is 4.48. The lowest BCUT2D eigenvalue weighted by Gasteiger charge is -2.37. The van der Waals surface area contributed by atoms with Crippen molar-refractivity contribution in [3.05, 3.63) is 0 Å². The molecule has 0 saturated carbocycles. The molecule has 0 aromatic rings. The van der Waals surface area contributed by atoms with Gasteiger partial charge in [-0.15, -0.1) is 0 Å². The smallest absolute Gasteiger partial charge is 0.237 e. The van der Waals surface area contributed by atoms with E-state index in [1.165, 1.54) is 0 Å². The summed E-state index contributed by atoms with van der Waals surface area (Å²) in [5.41, 5.74) is -0.0948. The number of piperazine rings is 1. The van der Waals surface area contributed by atoms with Crippen molar-refractivity contribution in [1.29, 1.82) is 0 Å². The van der Waals surface area contributed by atoms with Crippen molar-refractivity contribution in [3.63, 3.8) is 0 Å². The first-order chi connectivity index (χ1) is 5.42. The monoisotopic (exact) mass is 170 g/mol. The van der Waals surface area contributed by atoms with Crippen molar-refractivity contribution in [1.82, 2.24) is 10.6 Å². The molecule has 0 aromatic carbocycles. The summed E-state index contributed by atoms with van der Waals surface area (Å²) in [4.78, 5) is 11.5. The van der Waals surface area contributed by atoms with Crippen LogP contribution in [0.2, 0.25) is 0 Å². The predicted molar refractivity (Wildman–Crippen MR) is 48.9 cm³/mol. The van der Waals surface area contributed by atoms with Crippen molar-refractivity contribution >= 4 is 5.91 Å². The van der Waals surface area contributed by atoms with Crippen LogP contribution in [-0.2, 0) is 4.79 Å². The lowest BCUT2D eigenvalue weighted by atomic mass is 9.95. The summed E-state index contributed by atoms with van der Waals surface area (Å²) in [6.07, 6.45) is 0. The summed E-state index contributed by atoms with van der Waals surface area (Å²) in [5, 5.41) is 6.23. The van der Waals surface area contributed by atoms with E-state index in [4.69, 9.17) is 0 Å². The van der Waals surface area contributed by atoms with E-state index in [1.54, 1.807) is 0 Å². The Labute approximate surface area is 73.9 Å². The van der Waals surface area contributed by atoms with Crippen LogP contribution in [0.25, 0.3) is 0 Å².